The van der Waals surface area contributed by atoms with Gasteiger partial charge in [0.2, 0.25) is 5.78 Å². The van der Waals surface area contributed by atoms with Crippen LogP contribution in [0.2, 0.25) is 0 Å². The lowest BCUT2D eigenvalue weighted by atomic mass is 10.1. The van der Waals surface area contributed by atoms with Crippen LogP contribution in [0.4, 0.5) is 0 Å². The minimum Gasteiger partial charge on any atom is -0.456 e. The summed E-state index contributed by atoms with van der Waals surface area (Å²) < 4.78 is 13.5. The summed E-state index contributed by atoms with van der Waals surface area (Å²) >= 11 is 1.52. The van der Waals surface area contributed by atoms with Gasteiger partial charge < -0.3 is 14.0 Å². The second-order valence-corrected chi connectivity index (χ2v) is 7.45. The van der Waals surface area contributed by atoms with E-state index >= 15 is 0 Å². The Bertz CT molecular complexity index is 986. The van der Waals surface area contributed by atoms with Gasteiger partial charge in [-0.3, -0.25) is 4.79 Å². The maximum atomic E-state index is 12.4. The van der Waals surface area contributed by atoms with Gasteiger partial charge in [0.25, 0.3) is 0 Å². The number of para-hydroxylation sites is 1. The number of allylic oxidation sites excluding steroid dienone is 1. The number of benzene rings is 1. The lowest BCUT2D eigenvalue weighted by Gasteiger charge is -2.07. The van der Waals surface area contributed by atoms with Crippen molar-refractivity contribution in [3.8, 4) is 0 Å². The molecule has 0 amide bonds. The molecule has 2 heterocycles. The van der Waals surface area contributed by atoms with Gasteiger partial charge in [-0.05, 0) is 32.0 Å². The SMILES string of the molecule is C=CCn1c(C)cc(C(=O)COC(=O)COCc2nc3ccccc3s2)c1C. The average Bonchev–Trinajstić information content (AvgIpc) is 3.22. The zero-order valence-electron chi connectivity index (χ0n) is 15.9. The predicted octanol–water partition coefficient (Wildman–Crippen LogP) is 3.84. The Morgan fingerprint density at radius 1 is 1.25 bits per heavy atom. The molecule has 1 aromatic carbocycles. The highest BCUT2D eigenvalue weighted by atomic mass is 32.1. The molecule has 146 valence electrons. The van der Waals surface area contributed by atoms with Gasteiger partial charge in [-0.1, -0.05) is 18.2 Å². The smallest absolute Gasteiger partial charge is 0.332 e. The van der Waals surface area contributed by atoms with E-state index < -0.39 is 5.97 Å². The summed E-state index contributed by atoms with van der Waals surface area (Å²) in [6.07, 6.45) is 1.77. The standard InChI is InChI=1S/C21H22N2O4S/c1-4-9-23-14(2)10-16(15(23)3)18(24)11-27-21(25)13-26-12-20-22-17-7-5-6-8-19(17)28-20/h4-8,10H,1,9,11-13H2,2-3H3. The zero-order valence-corrected chi connectivity index (χ0v) is 16.8. The van der Waals surface area contributed by atoms with Gasteiger partial charge in [0.05, 0.1) is 16.8 Å². The van der Waals surface area contributed by atoms with Crippen LogP contribution in [-0.2, 0) is 27.4 Å². The topological polar surface area (TPSA) is 70.4 Å². The first-order valence-corrected chi connectivity index (χ1v) is 9.70. The van der Waals surface area contributed by atoms with E-state index in [0.29, 0.717) is 12.1 Å². The number of ketones is 1. The minimum atomic E-state index is -0.575. The molecule has 0 fully saturated rings. The highest BCUT2D eigenvalue weighted by Crippen LogP contribution is 2.22. The number of fused-ring (bicyclic) bond motifs is 1. The van der Waals surface area contributed by atoms with Gasteiger partial charge in [-0.25, -0.2) is 9.78 Å². The second kappa shape index (κ2) is 8.95. The zero-order chi connectivity index (χ0) is 20.1. The Balaban J connectivity index is 1.47. The van der Waals surface area contributed by atoms with E-state index in [2.05, 4.69) is 11.6 Å². The fourth-order valence-electron chi connectivity index (χ4n) is 2.96. The van der Waals surface area contributed by atoms with E-state index in [-0.39, 0.29) is 25.6 Å². The Kier molecular flexibility index (Phi) is 6.38. The Hall–Kier alpha value is -2.77. The molecule has 3 rings (SSSR count). The van der Waals surface area contributed by atoms with Gasteiger partial charge >= 0.3 is 5.97 Å². The fraction of sp³-hybridized carbons (Fsp3) is 0.286. The molecule has 2 aromatic heterocycles. The van der Waals surface area contributed by atoms with Crippen molar-refractivity contribution in [2.24, 2.45) is 0 Å². The van der Waals surface area contributed by atoms with Gasteiger partial charge in [0.1, 0.15) is 11.6 Å². The van der Waals surface area contributed by atoms with E-state index in [1.54, 1.807) is 12.1 Å². The molecule has 6 nitrogen and oxygen atoms in total. The molecular formula is C21H22N2O4S. The molecule has 0 bridgehead atoms. The van der Waals surface area contributed by atoms with E-state index in [9.17, 15) is 9.59 Å². The molecule has 0 saturated heterocycles. The molecule has 0 saturated carbocycles. The maximum absolute atomic E-state index is 12.4. The predicted molar refractivity (Wildman–Crippen MR) is 109 cm³/mol. The number of Topliss-reactive ketones (excluding diaryl/α,β-unsaturated/α-hetero) is 1. The third-order valence-corrected chi connectivity index (χ3v) is 5.34. The Labute approximate surface area is 167 Å². The van der Waals surface area contributed by atoms with Crippen LogP contribution in [0.15, 0.2) is 43.0 Å². The van der Waals surface area contributed by atoms with Crippen molar-refractivity contribution in [1.29, 1.82) is 0 Å². The summed E-state index contributed by atoms with van der Waals surface area (Å²) in [5, 5.41) is 0.791. The van der Waals surface area contributed by atoms with Crippen molar-refractivity contribution >= 4 is 33.3 Å². The molecule has 3 aromatic rings. The van der Waals surface area contributed by atoms with E-state index in [0.717, 1.165) is 26.6 Å². The summed E-state index contributed by atoms with van der Waals surface area (Å²) in [5.41, 5.74) is 3.27. The van der Waals surface area contributed by atoms with E-state index in [1.165, 1.54) is 11.3 Å². The van der Waals surface area contributed by atoms with Crippen molar-refractivity contribution in [1.82, 2.24) is 9.55 Å². The molecule has 0 unspecified atom stereocenters. The molecule has 28 heavy (non-hydrogen) atoms. The molecule has 0 aliphatic rings. The van der Waals surface area contributed by atoms with Gasteiger partial charge in [-0.2, -0.15) is 0 Å². The van der Waals surface area contributed by atoms with Crippen LogP contribution in [-0.4, -0.2) is 34.5 Å². The monoisotopic (exact) mass is 398 g/mol. The van der Waals surface area contributed by atoms with Crippen LogP contribution in [0.1, 0.15) is 26.8 Å². The van der Waals surface area contributed by atoms with E-state index in [1.807, 2.05) is 42.7 Å². The van der Waals surface area contributed by atoms with Gasteiger partial charge in [-0.15, -0.1) is 17.9 Å². The van der Waals surface area contributed by atoms with Gasteiger partial charge in [0, 0.05) is 23.5 Å². The molecule has 0 aliphatic carbocycles. The fourth-order valence-corrected chi connectivity index (χ4v) is 3.87. The van der Waals surface area contributed by atoms with Crippen molar-refractivity contribution in [2.75, 3.05) is 13.2 Å². The van der Waals surface area contributed by atoms with Gasteiger partial charge in [0.15, 0.2) is 6.61 Å². The van der Waals surface area contributed by atoms with Crippen molar-refractivity contribution in [3.05, 3.63) is 64.9 Å². The molecule has 0 radical (unpaired) electrons. The van der Waals surface area contributed by atoms with Crippen LogP contribution < -0.4 is 0 Å². The molecule has 0 atom stereocenters. The summed E-state index contributed by atoms with van der Waals surface area (Å²) in [4.78, 5) is 28.7. The molecule has 7 heteroatoms. The largest absolute Gasteiger partial charge is 0.456 e. The van der Waals surface area contributed by atoms with Crippen LogP contribution in [0.5, 0.6) is 0 Å². The van der Waals surface area contributed by atoms with Crippen LogP contribution >= 0.6 is 11.3 Å². The first-order chi connectivity index (χ1) is 13.5. The lowest BCUT2D eigenvalue weighted by molar-refractivity contribution is -0.148. The highest BCUT2D eigenvalue weighted by molar-refractivity contribution is 7.18. The van der Waals surface area contributed by atoms with Crippen molar-refractivity contribution in [3.63, 3.8) is 0 Å². The summed E-state index contributed by atoms with van der Waals surface area (Å²) in [7, 11) is 0. The Morgan fingerprint density at radius 3 is 2.79 bits per heavy atom. The molecular weight excluding hydrogens is 376 g/mol. The van der Waals surface area contributed by atoms with Crippen LogP contribution in [0.3, 0.4) is 0 Å². The van der Waals surface area contributed by atoms with Crippen molar-refractivity contribution in [2.45, 2.75) is 27.0 Å². The van der Waals surface area contributed by atoms with Crippen LogP contribution in [0.25, 0.3) is 10.2 Å². The average molecular weight is 398 g/mol. The summed E-state index contributed by atoms with van der Waals surface area (Å²) in [6.45, 7) is 7.84. The lowest BCUT2D eigenvalue weighted by Crippen LogP contribution is -2.18. The van der Waals surface area contributed by atoms with Crippen LogP contribution in [0, 0.1) is 13.8 Å². The number of hydrogen-bond acceptors (Lipinski definition) is 6. The number of esters is 1. The first kappa shape index (κ1) is 20.0. The van der Waals surface area contributed by atoms with E-state index in [4.69, 9.17) is 9.47 Å². The second-order valence-electron chi connectivity index (χ2n) is 6.34. The summed E-state index contributed by atoms with van der Waals surface area (Å²) in [6, 6.07) is 9.60. The molecule has 0 aliphatic heterocycles. The maximum Gasteiger partial charge on any atom is 0.332 e. The summed E-state index contributed by atoms with van der Waals surface area (Å²) in [5.74, 6) is -0.808. The number of rotatable bonds is 9. The molecule has 0 N–H and O–H groups in total. The third kappa shape index (κ3) is 4.55. The number of aromatic nitrogens is 2. The number of thiazole rings is 1. The third-order valence-electron chi connectivity index (χ3n) is 4.33. The van der Waals surface area contributed by atoms with Crippen molar-refractivity contribution < 1.29 is 19.1 Å². The number of nitrogens with zero attached hydrogens (tertiary/aromatic N) is 2. The normalized spacial score (nSPS) is 10.9. The molecule has 0 spiro atoms. The number of carbonyl (C=O) groups excluding carboxylic acids is 2. The first-order valence-electron chi connectivity index (χ1n) is 8.88. The number of aryl methyl sites for hydroxylation is 1. The quantitative estimate of drug-likeness (QED) is 0.311. The highest BCUT2D eigenvalue weighted by Gasteiger charge is 2.17. The number of carbonyl (C=O) groups is 2. The number of hydrogen-bond donors (Lipinski definition) is 0. The Morgan fingerprint density at radius 2 is 2.04 bits per heavy atom. The minimum absolute atomic E-state index is 0.224. The number of ether oxygens (including phenoxy) is 2.